The van der Waals surface area contributed by atoms with Crippen molar-refractivity contribution in [1.29, 1.82) is 0 Å². The highest BCUT2D eigenvalue weighted by Gasteiger charge is 2.07. The number of rotatable bonds is 4. The van der Waals surface area contributed by atoms with Crippen LogP contribution in [0.4, 0.5) is 0 Å². The summed E-state index contributed by atoms with van der Waals surface area (Å²) in [6.45, 7) is 3.06. The molecule has 102 valence electrons. The van der Waals surface area contributed by atoms with Crippen molar-refractivity contribution < 1.29 is 0 Å². The van der Waals surface area contributed by atoms with Crippen LogP contribution in [-0.2, 0) is 6.54 Å². The third kappa shape index (κ3) is 2.79. The van der Waals surface area contributed by atoms with Gasteiger partial charge in [0.2, 0.25) is 0 Å². The Labute approximate surface area is 127 Å². The highest BCUT2D eigenvalue weighted by Crippen LogP contribution is 2.20. The van der Waals surface area contributed by atoms with Crippen LogP contribution in [0, 0.1) is 0 Å². The highest BCUT2D eigenvalue weighted by atomic mass is 79.9. The molecule has 1 atom stereocenters. The van der Waals surface area contributed by atoms with Gasteiger partial charge >= 0.3 is 0 Å². The van der Waals surface area contributed by atoms with Crippen molar-refractivity contribution in [3.63, 3.8) is 0 Å². The second kappa shape index (κ2) is 5.81. The quantitative estimate of drug-likeness (QED) is 0.708. The smallest absolute Gasteiger partial charge is 0.0457 e. The van der Waals surface area contributed by atoms with Crippen molar-refractivity contribution in [2.24, 2.45) is 0 Å². The predicted octanol–water partition coefficient (Wildman–Crippen LogP) is 4.78. The Morgan fingerprint density at radius 2 is 2.00 bits per heavy atom. The summed E-state index contributed by atoms with van der Waals surface area (Å²) in [4.78, 5) is 3.25. The topological polar surface area (TPSA) is 27.8 Å². The first-order chi connectivity index (χ1) is 9.74. The van der Waals surface area contributed by atoms with Gasteiger partial charge in [0.25, 0.3) is 0 Å². The van der Waals surface area contributed by atoms with E-state index >= 15 is 0 Å². The summed E-state index contributed by atoms with van der Waals surface area (Å²) in [5, 5.41) is 4.88. The highest BCUT2D eigenvalue weighted by molar-refractivity contribution is 9.10. The molecule has 1 heterocycles. The molecule has 2 aromatic carbocycles. The second-order valence-electron chi connectivity index (χ2n) is 5.01. The Hall–Kier alpha value is -1.58. The lowest BCUT2D eigenvalue weighted by atomic mass is 10.1. The average Bonchev–Trinajstić information content (AvgIpc) is 2.93. The van der Waals surface area contributed by atoms with Crippen LogP contribution < -0.4 is 5.32 Å². The third-order valence-electron chi connectivity index (χ3n) is 3.63. The van der Waals surface area contributed by atoms with E-state index in [2.05, 4.69) is 81.7 Å². The van der Waals surface area contributed by atoms with E-state index in [1.807, 2.05) is 6.20 Å². The van der Waals surface area contributed by atoms with E-state index in [9.17, 15) is 0 Å². The van der Waals surface area contributed by atoms with Crippen molar-refractivity contribution in [3.8, 4) is 0 Å². The molecule has 3 rings (SSSR count). The van der Waals surface area contributed by atoms with E-state index in [1.54, 1.807) is 0 Å². The lowest BCUT2D eigenvalue weighted by Gasteiger charge is -2.15. The number of benzene rings is 2. The fourth-order valence-corrected chi connectivity index (χ4v) is 2.88. The molecule has 0 unspecified atom stereocenters. The van der Waals surface area contributed by atoms with Gasteiger partial charge in [-0.05, 0) is 42.3 Å². The maximum Gasteiger partial charge on any atom is 0.0457 e. The van der Waals surface area contributed by atoms with Crippen LogP contribution in [0.3, 0.4) is 0 Å². The largest absolute Gasteiger partial charge is 0.361 e. The zero-order valence-corrected chi connectivity index (χ0v) is 12.9. The minimum Gasteiger partial charge on any atom is -0.361 e. The Kier molecular flexibility index (Phi) is 3.90. The summed E-state index contributed by atoms with van der Waals surface area (Å²) in [5.41, 5.74) is 3.81. The summed E-state index contributed by atoms with van der Waals surface area (Å²) in [6.07, 6.45) is 1.99. The molecule has 3 aromatic rings. The Balaban J connectivity index is 1.74. The normalized spacial score (nSPS) is 12.7. The van der Waals surface area contributed by atoms with Crippen LogP contribution in [0.2, 0.25) is 0 Å². The first-order valence-electron chi connectivity index (χ1n) is 6.78. The number of fused-ring (bicyclic) bond motifs is 1. The summed E-state index contributed by atoms with van der Waals surface area (Å²) in [6, 6.07) is 17.3. The van der Waals surface area contributed by atoms with Crippen LogP contribution in [-0.4, -0.2) is 4.98 Å². The van der Waals surface area contributed by atoms with Gasteiger partial charge < -0.3 is 10.3 Å². The van der Waals surface area contributed by atoms with Gasteiger partial charge in [-0.15, -0.1) is 0 Å². The molecule has 2 N–H and O–H groups in total. The third-order valence-corrected chi connectivity index (χ3v) is 4.13. The molecule has 0 bridgehead atoms. The van der Waals surface area contributed by atoms with Crippen LogP contribution >= 0.6 is 15.9 Å². The molecular formula is C17H17BrN2. The molecule has 1 aromatic heterocycles. The van der Waals surface area contributed by atoms with Crippen molar-refractivity contribution in [2.45, 2.75) is 19.5 Å². The molecule has 0 saturated heterocycles. The maximum atomic E-state index is 3.59. The number of hydrogen-bond donors (Lipinski definition) is 2. The van der Waals surface area contributed by atoms with Crippen molar-refractivity contribution in [1.82, 2.24) is 10.3 Å². The molecule has 0 saturated carbocycles. The summed E-state index contributed by atoms with van der Waals surface area (Å²) in [7, 11) is 0. The standard InChI is InChI=1S/C17H17BrN2/c1-12(13-4-2-6-15(18)10-13)20-11-14-5-3-7-17-16(14)8-9-19-17/h2-10,12,19-20H,11H2,1H3/t12-/m1/s1. The lowest BCUT2D eigenvalue weighted by molar-refractivity contribution is 0.576. The first kappa shape index (κ1) is 13.4. The fraction of sp³-hybridized carbons (Fsp3) is 0.176. The number of nitrogens with one attached hydrogen (secondary N) is 2. The van der Waals surface area contributed by atoms with E-state index in [-0.39, 0.29) is 0 Å². The molecule has 0 aliphatic heterocycles. The molecule has 0 aliphatic rings. The molecule has 2 nitrogen and oxygen atoms in total. The lowest BCUT2D eigenvalue weighted by Crippen LogP contribution is -2.18. The van der Waals surface area contributed by atoms with Crippen LogP contribution in [0.5, 0.6) is 0 Å². The van der Waals surface area contributed by atoms with Crippen LogP contribution in [0.25, 0.3) is 10.9 Å². The summed E-state index contributed by atoms with van der Waals surface area (Å²) >= 11 is 3.52. The molecule has 0 radical (unpaired) electrons. The number of aromatic nitrogens is 1. The van der Waals surface area contributed by atoms with Crippen LogP contribution in [0.1, 0.15) is 24.1 Å². The number of halogens is 1. The van der Waals surface area contributed by atoms with E-state index in [1.165, 1.54) is 22.0 Å². The summed E-state index contributed by atoms with van der Waals surface area (Å²) < 4.78 is 1.12. The molecule has 0 spiro atoms. The molecule has 20 heavy (non-hydrogen) atoms. The average molecular weight is 329 g/mol. The van der Waals surface area contributed by atoms with Gasteiger partial charge in [0.15, 0.2) is 0 Å². The Morgan fingerprint density at radius 3 is 2.85 bits per heavy atom. The van der Waals surface area contributed by atoms with E-state index in [0.717, 1.165) is 11.0 Å². The Bertz CT molecular complexity index is 718. The fourth-order valence-electron chi connectivity index (χ4n) is 2.46. The number of H-pyrrole nitrogens is 1. The monoisotopic (exact) mass is 328 g/mol. The van der Waals surface area contributed by atoms with Crippen molar-refractivity contribution in [2.75, 3.05) is 0 Å². The van der Waals surface area contributed by atoms with Gasteiger partial charge in [-0.1, -0.05) is 40.2 Å². The van der Waals surface area contributed by atoms with Crippen molar-refractivity contribution in [3.05, 3.63) is 70.3 Å². The van der Waals surface area contributed by atoms with Gasteiger partial charge in [0.05, 0.1) is 0 Å². The van der Waals surface area contributed by atoms with Crippen LogP contribution in [0.15, 0.2) is 59.2 Å². The maximum absolute atomic E-state index is 3.59. The van der Waals surface area contributed by atoms with Crippen molar-refractivity contribution >= 4 is 26.8 Å². The number of hydrogen-bond acceptors (Lipinski definition) is 1. The van der Waals surface area contributed by atoms with Gasteiger partial charge in [0.1, 0.15) is 0 Å². The Morgan fingerprint density at radius 1 is 1.15 bits per heavy atom. The zero-order valence-electron chi connectivity index (χ0n) is 11.4. The van der Waals surface area contributed by atoms with Gasteiger partial charge in [-0.25, -0.2) is 0 Å². The van der Waals surface area contributed by atoms with Gasteiger partial charge in [0, 0.05) is 34.2 Å². The second-order valence-corrected chi connectivity index (χ2v) is 5.93. The molecule has 0 aliphatic carbocycles. The SMILES string of the molecule is C[C@@H](NCc1cccc2[nH]ccc12)c1cccc(Br)c1. The van der Waals surface area contributed by atoms with E-state index in [4.69, 9.17) is 0 Å². The molecular weight excluding hydrogens is 312 g/mol. The minimum absolute atomic E-state index is 0.321. The van der Waals surface area contributed by atoms with Gasteiger partial charge in [-0.2, -0.15) is 0 Å². The first-order valence-corrected chi connectivity index (χ1v) is 7.57. The summed E-state index contributed by atoms with van der Waals surface area (Å²) in [5.74, 6) is 0. The molecule has 0 fully saturated rings. The number of aromatic amines is 1. The molecule has 3 heteroatoms. The molecule has 0 amide bonds. The van der Waals surface area contributed by atoms with E-state index < -0.39 is 0 Å². The van der Waals surface area contributed by atoms with Gasteiger partial charge in [-0.3, -0.25) is 0 Å². The predicted molar refractivity (Wildman–Crippen MR) is 87.7 cm³/mol. The minimum atomic E-state index is 0.321. The van der Waals surface area contributed by atoms with E-state index in [0.29, 0.717) is 6.04 Å². The zero-order chi connectivity index (χ0) is 13.9.